The van der Waals surface area contributed by atoms with Crippen LogP contribution in [0.15, 0.2) is 0 Å². The summed E-state index contributed by atoms with van der Waals surface area (Å²) in [7, 11) is 0. The Balaban J connectivity index is 1.80. The molecule has 0 amide bonds. The van der Waals surface area contributed by atoms with E-state index < -0.39 is 0 Å². The van der Waals surface area contributed by atoms with E-state index in [-0.39, 0.29) is 0 Å². The molecule has 1 aliphatic rings. The van der Waals surface area contributed by atoms with Crippen molar-refractivity contribution < 1.29 is 4.74 Å². The fraction of sp³-hybridized carbons (Fsp3) is 1.00. The molecular weight excluding hydrogens is 228 g/mol. The number of thioether (sulfide) groups is 1. The molecule has 1 rings (SSSR count). The van der Waals surface area contributed by atoms with Gasteiger partial charge in [-0.3, -0.25) is 0 Å². The first-order chi connectivity index (χ1) is 8.33. The molecule has 0 aromatic rings. The predicted molar refractivity (Wildman–Crippen MR) is 78.9 cm³/mol. The maximum atomic E-state index is 5.75. The van der Waals surface area contributed by atoms with E-state index in [2.05, 4.69) is 25.6 Å². The molecule has 102 valence electrons. The molecule has 17 heavy (non-hydrogen) atoms. The summed E-state index contributed by atoms with van der Waals surface area (Å²) in [6.45, 7) is 5.63. The standard InChI is InChI=1S/C15H30OS/c1-3-14(2)17-13-9-5-4-6-10-15-11-7-8-12-16-15/h14-15H,3-13H2,1-2H3. The number of hydrogen-bond donors (Lipinski definition) is 0. The van der Waals surface area contributed by atoms with Gasteiger partial charge in [0.2, 0.25) is 0 Å². The van der Waals surface area contributed by atoms with Gasteiger partial charge < -0.3 is 4.74 Å². The fourth-order valence-electron chi connectivity index (χ4n) is 2.27. The first-order valence-electron chi connectivity index (χ1n) is 7.56. The van der Waals surface area contributed by atoms with Gasteiger partial charge in [0, 0.05) is 11.9 Å². The quantitative estimate of drug-likeness (QED) is 0.536. The third-order valence-electron chi connectivity index (χ3n) is 3.67. The Morgan fingerprint density at radius 2 is 2.00 bits per heavy atom. The lowest BCUT2D eigenvalue weighted by Crippen LogP contribution is -2.18. The summed E-state index contributed by atoms with van der Waals surface area (Å²) in [6, 6.07) is 0. The van der Waals surface area contributed by atoms with Crippen molar-refractivity contribution in [3.8, 4) is 0 Å². The van der Waals surface area contributed by atoms with E-state index >= 15 is 0 Å². The molecule has 1 fully saturated rings. The molecule has 0 spiro atoms. The van der Waals surface area contributed by atoms with Gasteiger partial charge in [-0.1, -0.05) is 33.1 Å². The minimum atomic E-state index is 0.596. The molecule has 1 saturated heterocycles. The van der Waals surface area contributed by atoms with Crippen LogP contribution in [0, 0.1) is 0 Å². The van der Waals surface area contributed by atoms with Crippen molar-refractivity contribution in [3.05, 3.63) is 0 Å². The molecule has 0 bridgehead atoms. The minimum absolute atomic E-state index is 0.596. The van der Waals surface area contributed by atoms with E-state index in [1.165, 1.54) is 63.5 Å². The molecule has 2 atom stereocenters. The van der Waals surface area contributed by atoms with E-state index in [9.17, 15) is 0 Å². The van der Waals surface area contributed by atoms with Gasteiger partial charge >= 0.3 is 0 Å². The zero-order chi connectivity index (χ0) is 12.3. The predicted octanol–water partition coefficient (Wildman–Crippen LogP) is 5.04. The second-order valence-electron chi connectivity index (χ2n) is 5.28. The van der Waals surface area contributed by atoms with Crippen molar-refractivity contribution >= 4 is 11.8 Å². The third kappa shape index (κ3) is 8.10. The average molecular weight is 258 g/mol. The van der Waals surface area contributed by atoms with Crippen LogP contribution in [-0.2, 0) is 4.74 Å². The summed E-state index contributed by atoms with van der Waals surface area (Å²) in [5.41, 5.74) is 0. The summed E-state index contributed by atoms with van der Waals surface area (Å²) < 4.78 is 5.75. The Morgan fingerprint density at radius 1 is 1.18 bits per heavy atom. The highest BCUT2D eigenvalue weighted by atomic mass is 32.2. The van der Waals surface area contributed by atoms with Crippen molar-refractivity contribution in [1.82, 2.24) is 0 Å². The van der Waals surface area contributed by atoms with Gasteiger partial charge in [-0.2, -0.15) is 11.8 Å². The molecule has 1 heterocycles. The largest absolute Gasteiger partial charge is 0.378 e. The molecule has 0 aromatic heterocycles. The molecule has 0 N–H and O–H groups in total. The van der Waals surface area contributed by atoms with Crippen LogP contribution in [-0.4, -0.2) is 23.7 Å². The van der Waals surface area contributed by atoms with Crippen LogP contribution in [0.25, 0.3) is 0 Å². The second kappa shape index (κ2) is 10.3. The molecule has 1 nitrogen and oxygen atoms in total. The van der Waals surface area contributed by atoms with Crippen LogP contribution in [0.5, 0.6) is 0 Å². The Kier molecular flexibility index (Phi) is 9.27. The number of hydrogen-bond acceptors (Lipinski definition) is 2. The van der Waals surface area contributed by atoms with Crippen LogP contribution in [0.3, 0.4) is 0 Å². The number of unbranched alkanes of at least 4 members (excludes halogenated alkanes) is 3. The zero-order valence-electron chi connectivity index (χ0n) is 11.7. The first-order valence-corrected chi connectivity index (χ1v) is 8.61. The van der Waals surface area contributed by atoms with Gasteiger partial charge in [-0.25, -0.2) is 0 Å². The van der Waals surface area contributed by atoms with Crippen LogP contribution in [0.4, 0.5) is 0 Å². The van der Waals surface area contributed by atoms with Gasteiger partial charge in [0.15, 0.2) is 0 Å². The highest BCUT2D eigenvalue weighted by Crippen LogP contribution is 2.19. The molecule has 2 unspecified atom stereocenters. The number of ether oxygens (including phenoxy) is 1. The molecule has 2 heteroatoms. The fourth-order valence-corrected chi connectivity index (χ4v) is 3.27. The van der Waals surface area contributed by atoms with Crippen molar-refractivity contribution in [3.63, 3.8) is 0 Å². The summed E-state index contributed by atoms with van der Waals surface area (Å²) in [5.74, 6) is 1.36. The van der Waals surface area contributed by atoms with E-state index in [0.717, 1.165) is 11.9 Å². The van der Waals surface area contributed by atoms with Gasteiger partial charge in [0.05, 0.1) is 6.10 Å². The lowest BCUT2D eigenvalue weighted by atomic mass is 10.0. The highest BCUT2D eigenvalue weighted by molar-refractivity contribution is 7.99. The van der Waals surface area contributed by atoms with Gasteiger partial charge in [-0.15, -0.1) is 0 Å². The Bertz CT molecular complexity index is 166. The first kappa shape index (κ1) is 15.4. The maximum absolute atomic E-state index is 5.75. The highest BCUT2D eigenvalue weighted by Gasteiger charge is 2.12. The number of rotatable bonds is 9. The van der Waals surface area contributed by atoms with Crippen molar-refractivity contribution in [1.29, 1.82) is 0 Å². The molecule has 0 saturated carbocycles. The molecule has 1 aliphatic heterocycles. The summed E-state index contributed by atoms with van der Waals surface area (Å²) in [4.78, 5) is 0. The Morgan fingerprint density at radius 3 is 2.71 bits per heavy atom. The van der Waals surface area contributed by atoms with Gasteiger partial charge in [-0.05, 0) is 44.3 Å². The van der Waals surface area contributed by atoms with Crippen molar-refractivity contribution in [2.75, 3.05) is 12.4 Å². The van der Waals surface area contributed by atoms with Crippen molar-refractivity contribution in [2.45, 2.75) is 83.0 Å². The lowest BCUT2D eigenvalue weighted by molar-refractivity contribution is 0.00979. The smallest absolute Gasteiger partial charge is 0.0575 e. The zero-order valence-corrected chi connectivity index (χ0v) is 12.6. The van der Waals surface area contributed by atoms with Crippen LogP contribution < -0.4 is 0 Å². The van der Waals surface area contributed by atoms with E-state index in [1.807, 2.05) is 0 Å². The summed E-state index contributed by atoms with van der Waals surface area (Å²) in [6.07, 6.45) is 12.8. The third-order valence-corrected chi connectivity index (χ3v) is 5.10. The Labute approximate surface area is 112 Å². The topological polar surface area (TPSA) is 9.23 Å². The van der Waals surface area contributed by atoms with E-state index in [0.29, 0.717) is 6.10 Å². The Hall–Kier alpha value is 0.310. The van der Waals surface area contributed by atoms with E-state index in [4.69, 9.17) is 4.74 Å². The molecule has 0 aliphatic carbocycles. The average Bonchev–Trinajstić information content (AvgIpc) is 2.38. The second-order valence-corrected chi connectivity index (χ2v) is 6.83. The molecule has 0 radical (unpaired) electrons. The van der Waals surface area contributed by atoms with Gasteiger partial charge in [0.1, 0.15) is 0 Å². The lowest BCUT2D eigenvalue weighted by Gasteiger charge is -2.22. The van der Waals surface area contributed by atoms with Crippen LogP contribution in [0.2, 0.25) is 0 Å². The van der Waals surface area contributed by atoms with E-state index in [1.54, 1.807) is 0 Å². The SMILES string of the molecule is CCC(C)SCCCCCCC1CCCCO1. The van der Waals surface area contributed by atoms with Crippen LogP contribution in [0.1, 0.15) is 71.6 Å². The molecule has 0 aromatic carbocycles. The maximum Gasteiger partial charge on any atom is 0.0575 e. The van der Waals surface area contributed by atoms with Crippen LogP contribution >= 0.6 is 11.8 Å². The van der Waals surface area contributed by atoms with Crippen molar-refractivity contribution in [2.24, 2.45) is 0 Å². The minimum Gasteiger partial charge on any atom is -0.378 e. The monoisotopic (exact) mass is 258 g/mol. The summed E-state index contributed by atoms with van der Waals surface area (Å²) in [5, 5.41) is 0.852. The molecular formula is C15H30OS. The normalized spacial score (nSPS) is 22.6. The van der Waals surface area contributed by atoms with Gasteiger partial charge in [0.25, 0.3) is 0 Å². The summed E-state index contributed by atoms with van der Waals surface area (Å²) >= 11 is 2.14.